The van der Waals surface area contributed by atoms with Gasteiger partial charge in [0.15, 0.2) is 0 Å². The lowest BCUT2D eigenvalue weighted by molar-refractivity contribution is -0.140. The molecule has 0 aliphatic rings. The van der Waals surface area contributed by atoms with Gasteiger partial charge in [0.05, 0.1) is 6.61 Å². The van der Waals surface area contributed by atoms with Gasteiger partial charge in [-0.3, -0.25) is 0 Å². The predicted molar refractivity (Wildman–Crippen MR) is 61.0 cm³/mol. The molecule has 0 fully saturated rings. The van der Waals surface area contributed by atoms with Crippen molar-refractivity contribution in [3.8, 4) is 0 Å². The minimum Gasteiger partial charge on any atom is -0.478 e. The van der Waals surface area contributed by atoms with Crippen LogP contribution in [0.2, 0.25) is 0 Å². The van der Waals surface area contributed by atoms with E-state index in [0.29, 0.717) is 6.61 Å². The van der Waals surface area contributed by atoms with Crippen LogP contribution in [0.25, 0.3) is 0 Å². The third-order valence-electron chi connectivity index (χ3n) is 1.83. The molecule has 0 aromatic carbocycles. The van der Waals surface area contributed by atoms with Crippen LogP contribution in [-0.4, -0.2) is 23.7 Å². The van der Waals surface area contributed by atoms with Crippen LogP contribution < -0.4 is 0 Å². The Morgan fingerprint density at radius 1 is 1.31 bits per heavy atom. The second kappa shape index (κ2) is 6.30. The van der Waals surface area contributed by atoms with Gasteiger partial charge in [-0.2, -0.15) is 0 Å². The Balaban J connectivity index is 3.88. The normalized spacial score (nSPS) is 13.8. The number of ether oxygens (including phenoxy) is 1. The Hall–Kier alpha value is -1.32. The van der Waals surface area contributed by atoms with E-state index in [0.717, 1.165) is 18.6 Å². The molecule has 0 radical (unpaired) electrons. The van der Waals surface area contributed by atoms with Crippen molar-refractivity contribution in [2.45, 2.75) is 34.1 Å². The highest BCUT2D eigenvalue weighted by atomic mass is 16.5. The number of carbonyl (C=O) groups is 2. The second-order valence-corrected chi connectivity index (χ2v) is 5.17. The van der Waals surface area contributed by atoms with Gasteiger partial charge in [0.2, 0.25) is 0 Å². The summed E-state index contributed by atoms with van der Waals surface area (Å²) in [6.45, 7) is 8.68. The van der Waals surface area contributed by atoms with Crippen LogP contribution in [0.15, 0.2) is 12.2 Å². The maximum absolute atomic E-state index is 11.0. The third kappa shape index (κ3) is 9.24. The van der Waals surface area contributed by atoms with Crippen molar-refractivity contribution in [2.24, 2.45) is 11.3 Å². The lowest BCUT2D eigenvalue weighted by Crippen LogP contribution is -2.17. The minimum atomic E-state index is -1.15. The quantitative estimate of drug-likeness (QED) is 0.579. The summed E-state index contributed by atoms with van der Waals surface area (Å²) < 4.78 is 4.91. The summed E-state index contributed by atoms with van der Waals surface area (Å²) >= 11 is 0. The van der Waals surface area contributed by atoms with Crippen LogP contribution in [0.5, 0.6) is 0 Å². The van der Waals surface area contributed by atoms with E-state index in [9.17, 15) is 9.59 Å². The first kappa shape index (κ1) is 14.7. The van der Waals surface area contributed by atoms with E-state index in [1.54, 1.807) is 0 Å². The highest BCUT2D eigenvalue weighted by Crippen LogP contribution is 2.24. The van der Waals surface area contributed by atoms with Gasteiger partial charge in [-0.1, -0.05) is 27.7 Å². The number of rotatable bonds is 5. The van der Waals surface area contributed by atoms with E-state index in [2.05, 4.69) is 20.8 Å². The molecule has 4 heteroatoms. The van der Waals surface area contributed by atoms with Crippen LogP contribution in [0.3, 0.4) is 0 Å². The molecule has 0 aromatic rings. The van der Waals surface area contributed by atoms with Crippen molar-refractivity contribution in [1.29, 1.82) is 0 Å². The summed E-state index contributed by atoms with van der Waals surface area (Å²) in [6, 6.07) is 0. The van der Waals surface area contributed by atoms with Gasteiger partial charge in [-0.25, -0.2) is 9.59 Å². The smallest absolute Gasteiger partial charge is 0.331 e. The molecule has 0 aromatic heterocycles. The molecule has 0 rings (SSSR count). The summed E-state index contributed by atoms with van der Waals surface area (Å²) in [5, 5.41) is 8.30. The van der Waals surface area contributed by atoms with Crippen LogP contribution in [0.1, 0.15) is 34.1 Å². The largest absolute Gasteiger partial charge is 0.478 e. The average Bonchev–Trinajstić information content (AvgIpc) is 2.08. The zero-order valence-corrected chi connectivity index (χ0v) is 10.3. The van der Waals surface area contributed by atoms with E-state index >= 15 is 0 Å². The van der Waals surface area contributed by atoms with Crippen LogP contribution in [0.4, 0.5) is 0 Å². The average molecular weight is 228 g/mol. The molecule has 92 valence electrons. The lowest BCUT2D eigenvalue weighted by Gasteiger charge is -2.22. The molecule has 0 aliphatic carbocycles. The molecular formula is C12H20O4. The van der Waals surface area contributed by atoms with Crippen LogP contribution >= 0.6 is 0 Å². The van der Waals surface area contributed by atoms with E-state index in [1.165, 1.54) is 0 Å². The second-order valence-electron chi connectivity index (χ2n) is 5.17. The Labute approximate surface area is 96.3 Å². The number of carboxylic acids is 1. The van der Waals surface area contributed by atoms with E-state index in [1.807, 2.05) is 6.92 Å². The minimum absolute atomic E-state index is 0.197. The first-order valence-electron chi connectivity index (χ1n) is 5.28. The van der Waals surface area contributed by atoms with Crippen LogP contribution in [-0.2, 0) is 14.3 Å². The monoisotopic (exact) mass is 228 g/mol. The predicted octanol–water partition coefficient (Wildman–Crippen LogP) is 2.24. The van der Waals surface area contributed by atoms with E-state index < -0.39 is 11.9 Å². The Bertz CT molecular complexity index is 273. The zero-order valence-electron chi connectivity index (χ0n) is 10.3. The molecule has 0 amide bonds. The molecule has 0 saturated heterocycles. The van der Waals surface area contributed by atoms with Crippen molar-refractivity contribution in [2.75, 3.05) is 6.61 Å². The summed E-state index contributed by atoms with van der Waals surface area (Å²) in [6.07, 6.45) is 2.64. The topological polar surface area (TPSA) is 63.6 Å². The molecule has 0 aliphatic heterocycles. The third-order valence-corrected chi connectivity index (χ3v) is 1.83. The van der Waals surface area contributed by atoms with E-state index in [-0.39, 0.29) is 11.3 Å². The SMILES string of the molecule is CC(COC(=O)/C=C/C(=O)O)CC(C)(C)C. The molecule has 4 nitrogen and oxygen atoms in total. The number of hydrogen-bond acceptors (Lipinski definition) is 3. The summed E-state index contributed by atoms with van der Waals surface area (Å²) in [7, 11) is 0. The number of aliphatic carboxylic acids is 1. The highest BCUT2D eigenvalue weighted by Gasteiger charge is 2.16. The standard InChI is InChI=1S/C12H20O4/c1-9(7-12(2,3)4)8-16-11(15)6-5-10(13)14/h5-6,9H,7-8H2,1-4H3,(H,13,14)/b6-5+. The van der Waals surface area contributed by atoms with Crippen molar-refractivity contribution in [3.05, 3.63) is 12.2 Å². The highest BCUT2D eigenvalue weighted by molar-refractivity contribution is 5.90. The molecular weight excluding hydrogens is 208 g/mol. The van der Waals surface area contributed by atoms with Crippen molar-refractivity contribution >= 4 is 11.9 Å². The van der Waals surface area contributed by atoms with E-state index in [4.69, 9.17) is 9.84 Å². The fraction of sp³-hybridized carbons (Fsp3) is 0.667. The molecule has 1 unspecified atom stereocenters. The van der Waals surface area contributed by atoms with Crippen molar-refractivity contribution in [1.82, 2.24) is 0 Å². The Morgan fingerprint density at radius 3 is 2.31 bits per heavy atom. The van der Waals surface area contributed by atoms with Crippen molar-refractivity contribution < 1.29 is 19.4 Å². The van der Waals surface area contributed by atoms with Gasteiger partial charge in [0.25, 0.3) is 0 Å². The molecule has 0 bridgehead atoms. The molecule has 0 spiro atoms. The summed E-state index contributed by atoms with van der Waals surface area (Å²) in [5.41, 5.74) is 0.197. The van der Waals surface area contributed by atoms with Gasteiger partial charge >= 0.3 is 11.9 Å². The lowest BCUT2D eigenvalue weighted by atomic mass is 9.86. The number of esters is 1. The molecule has 0 heterocycles. The number of carboxylic acid groups (broad SMARTS) is 1. The van der Waals surface area contributed by atoms with Gasteiger partial charge in [-0.15, -0.1) is 0 Å². The first-order chi connectivity index (χ1) is 7.20. The van der Waals surface area contributed by atoms with Gasteiger partial charge in [0, 0.05) is 12.2 Å². The molecule has 0 saturated carbocycles. The van der Waals surface area contributed by atoms with Gasteiger partial charge < -0.3 is 9.84 Å². The fourth-order valence-corrected chi connectivity index (χ4v) is 1.52. The molecule has 16 heavy (non-hydrogen) atoms. The van der Waals surface area contributed by atoms with Gasteiger partial charge in [0.1, 0.15) is 0 Å². The van der Waals surface area contributed by atoms with Crippen molar-refractivity contribution in [3.63, 3.8) is 0 Å². The maximum Gasteiger partial charge on any atom is 0.331 e. The number of hydrogen-bond donors (Lipinski definition) is 1. The zero-order chi connectivity index (χ0) is 12.8. The Morgan fingerprint density at radius 2 is 1.88 bits per heavy atom. The Kier molecular flexibility index (Phi) is 5.78. The maximum atomic E-state index is 11.0. The van der Waals surface area contributed by atoms with Crippen LogP contribution in [0, 0.1) is 11.3 Å². The molecule has 1 atom stereocenters. The summed E-state index contributed by atoms with van der Waals surface area (Å²) in [4.78, 5) is 21.2. The fourth-order valence-electron chi connectivity index (χ4n) is 1.52. The first-order valence-corrected chi connectivity index (χ1v) is 5.28. The number of carbonyl (C=O) groups excluding carboxylic acids is 1. The summed E-state index contributed by atoms with van der Waals surface area (Å²) in [5.74, 6) is -1.50. The molecule has 1 N–H and O–H groups in total. The van der Waals surface area contributed by atoms with Gasteiger partial charge in [-0.05, 0) is 17.8 Å².